The van der Waals surface area contributed by atoms with Gasteiger partial charge in [-0.25, -0.2) is 9.18 Å². The van der Waals surface area contributed by atoms with Crippen LogP contribution in [-0.2, 0) is 49.7 Å². The van der Waals surface area contributed by atoms with Crippen molar-refractivity contribution in [3.63, 3.8) is 0 Å². The molecule has 1 aromatic carbocycles. The van der Waals surface area contributed by atoms with Gasteiger partial charge < -0.3 is 64.5 Å². The summed E-state index contributed by atoms with van der Waals surface area (Å²) in [6, 6.07) is 4.14. The first-order valence-electron chi connectivity index (χ1n) is 20.6. The Bertz CT molecular complexity index is 1800. The number of aromatic nitrogens is 2. The second-order valence-electron chi connectivity index (χ2n) is 15.0. The number of methoxy groups -OCH3 is 1. The normalized spacial score (nSPS) is 20.3. The van der Waals surface area contributed by atoms with Gasteiger partial charge in [-0.2, -0.15) is 18.3 Å². The van der Waals surface area contributed by atoms with E-state index in [1.807, 2.05) is 0 Å². The molecule has 6 N–H and O–H groups in total. The molecule has 2 aliphatic rings. The van der Waals surface area contributed by atoms with Gasteiger partial charge in [0.1, 0.15) is 29.5 Å². The van der Waals surface area contributed by atoms with Gasteiger partial charge in [0.05, 0.1) is 97.2 Å². The molecule has 4 rings (SSSR count). The summed E-state index contributed by atoms with van der Waals surface area (Å²) in [7, 11) is 3.20. The predicted molar refractivity (Wildman–Crippen MR) is 220 cm³/mol. The van der Waals surface area contributed by atoms with Crippen molar-refractivity contribution in [2.24, 2.45) is 29.6 Å². The smallest absolute Gasteiger partial charge is 0.432 e. The van der Waals surface area contributed by atoms with E-state index in [2.05, 4.69) is 15.4 Å². The zero-order valence-corrected chi connectivity index (χ0v) is 35.9. The number of fused-ring (bicyclic) bond motifs is 1. The van der Waals surface area contributed by atoms with Crippen LogP contribution in [0.2, 0.25) is 0 Å². The molecule has 354 valence electrons. The molecule has 0 saturated heterocycles. The lowest BCUT2D eigenvalue weighted by Crippen LogP contribution is -2.36. The molecule has 0 aliphatic heterocycles. The lowest BCUT2D eigenvalue weighted by Gasteiger charge is -2.28. The minimum Gasteiger partial charge on any atom is -0.432 e. The summed E-state index contributed by atoms with van der Waals surface area (Å²) in [5.74, 6) is -1.65. The number of anilines is 2. The Morgan fingerprint density at radius 1 is 0.889 bits per heavy atom. The van der Waals surface area contributed by atoms with Crippen LogP contribution in [0.15, 0.2) is 34.5 Å². The van der Waals surface area contributed by atoms with Gasteiger partial charge in [-0.05, 0) is 68.2 Å². The van der Waals surface area contributed by atoms with E-state index in [1.54, 1.807) is 21.1 Å². The number of rotatable bonds is 28. The number of halogens is 4. The fraction of sp³-hybridized carbons (Fsp3) is 0.659. The standard InChI is InChI=1S/C41H60F4N6O12/c1-27-20-31(4-5-33(27)42)49-38(52)34-35(50-51(2)37(34)47)28-21-29-23-40(54,24-30(29)22-28)32(36(46)41(43,44)45)25-48-26-63-39(53)62-19-18-61-17-16-60-15-14-59-13-12-58-11-10-57-9-8-56-7-6-55-3/h4-5,20,25,28-30,54H,6-19,21-24,26,46-47H2,1-3H3,(H,49,52). The van der Waals surface area contributed by atoms with E-state index in [0.717, 1.165) is 6.21 Å². The SMILES string of the molecule is COCCOCCOCCOCCOCCOCCOCCOC(=O)OCN=CC(=C(N)C(F)(F)F)C1(O)CC2CC(c3nn(C)c(N)c3C(=O)Nc3ccc(F)c(C)c3)CC2C1. The van der Waals surface area contributed by atoms with Crippen LogP contribution < -0.4 is 16.8 Å². The molecule has 0 radical (unpaired) electrons. The topological polar surface area (TPSA) is 232 Å². The molecule has 2 unspecified atom stereocenters. The first-order chi connectivity index (χ1) is 30.1. The zero-order valence-electron chi connectivity index (χ0n) is 35.9. The Morgan fingerprint density at radius 2 is 1.40 bits per heavy atom. The molecule has 0 spiro atoms. The second kappa shape index (κ2) is 25.8. The number of allylic oxidation sites excluding steroid dienone is 1. The molecule has 18 nitrogen and oxygen atoms in total. The number of amides is 1. The van der Waals surface area contributed by atoms with Crippen LogP contribution in [-0.4, -0.2) is 151 Å². The maximum Gasteiger partial charge on any atom is 0.510 e. The van der Waals surface area contributed by atoms with Gasteiger partial charge in [-0.15, -0.1) is 0 Å². The summed E-state index contributed by atoms with van der Waals surface area (Å²) in [5, 5.41) is 18.9. The van der Waals surface area contributed by atoms with Gasteiger partial charge in [0, 0.05) is 37.6 Å². The summed E-state index contributed by atoms with van der Waals surface area (Å²) in [6.45, 7) is 5.71. The van der Waals surface area contributed by atoms with E-state index in [0.29, 0.717) is 95.9 Å². The number of nitrogens with zero attached hydrogens (tertiary/aromatic N) is 3. The average molecular weight is 905 g/mol. The third-order valence-electron chi connectivity index (χ3n) is 10.5. The second-order valence-corrected chi connectivity index (χ2v) is 15.0. The Morgan fingerprint density at radius 3 is 1.89 bits per heavy atom. The molecule has 1 aromatic heterocycles. The van der Waals surface area contributed by atoms with Gasteiger partial charge in [-0.1, -0.05) is 0 Å². The maximum absolute atomic E-state index is 13.9. The molecular weight excluding hydrogens is 844 g/mol. The highest BCUT2D eigenvalue weighted by atomic mass is 19.4. The molecule has 1 heterocycles. The molecule has 2 aliphatic carbocycles. The van der Waals surface area contributed by atoms with Crippen molar-refractivity contribution >= 4 is 29.8 Å². The fourth-order valence-electron chi connectivity index (χ4n) is 7.48. The number of hydrogen-bond acceptors (Lipinski definition) is 16. The zero-order chi connectivity index (χ0) is 45.8. The number of nitrogen functional groups attached to an aromatic ring is 1. The lowest BCUT2D eigenvalue weighted by atomic mass is 9.85. The van der Waals surface area contributed by atoms with Crippen molar-refractivity contribution in [2.75, 3.05) is 117 Å². The van der Waals surface area contributed by atoms with Crippen LogP contribution in [0.1, 0.15) is 53.2 Å². The summed E-state index contributed by atoms with van der Waals surface area (Å²) in [4.78, 5) is 29.2. The van der Waals surface area contributed by atoms with Crippen LogP contribution in [0.5, 0.6) is 0 Å². The van der Waals surface area contributed by atoms with E-state index >= 15 is 0 Å². The molecule has 22 heteroatoms. The summed E-state index contributed by atoms with van der Waals surface area (Å²) in [5.41, 5.74) is 8.93. The summed E-state index contributed by atoms with van der Waals surface area (Å²) < 4.78 is 104. The first kappa shape index (κ1) is 51.2. The van der Waals surface area contributed by atoms with Gasteiger partial charge in [-0.3, -0.25) is 14.5 Å². The number of nitrogens with two attached hydrogens (primary N) is 2. The number of nitrogens with one attached hydrogen (secondary N) is 1. The van der Waals surface area contributed by atoms with Crippen LogP contribution in [0.4, 0.5) is 33.9 Å². The minimum absolute atomic E-state index is 0.0310. The molecule has 2 aromatic rings. The van der Waals surface area contributed by atoms with Crippen molar-refractivity contribution < 1.29 is 74.9 Å². The monoisotopic (exact) mass is 904 g/mol. The fourth-order valence-corrected chi connectivity index (χ4v) is 7.48. The third kappa shape index (κ3) is 16.3. The highest BCUT2D eigenvalue weighted by Crippen LogP contribution is 2.56. The average Bonchev–Trinajstić information content (AvgIpc) is 3.87. The predicted octanol–water partition coefficient (Wildman–Crippen LogP) is 4.04. The summed E-state index contributed by atoms with van der Waals surface area (Å²) in [6.07, 6.45) is -4.69. The molecular formula is C41H60F4N6O12. The van der Waals surface area contributed by atoms with E-state index in [1.165, 1.54) is 22.9 Å². The van der Waals surface area contributed by atoms with Gasteiger partial charge in [0.2, 0.25) is 0 Å². The number of ether oxygens (including phenoxy) is 9. The number of aryl methyl sites for hydroxylation is 2. The van der Waals surface area contributed by atoms with E-state index in [4.69, 9.17) is 54.1 Å². The van der Waals surface area contributed by atoms with Gasteiger partial charge in [0.15, 0.2) is 6.73 Å². The largest absolute Gasteiger partial charge is 0.510 e. The number of aliphatic hydroxyl groups is 1. The number of carbonyl (C=O) groups excluding carboxylic acids is 2. The number of aliphatic imine (C=N–C) groups is 1. The lowest BCUT2D eigenvalue weighted by molar-refractivity contribution is -0.0953. The third-order valence-corrected chi connectivity index (χ3v) is 10.5. The Kier molecular flexibility index (Phi) is 20.9. The Labute approximate surface area is 363 Å². The van der Waals surface area contributed by atoms with Crippen molar-refractivity contribution in [3.8, 4) is 0 Å². The molecule has 2 atom stereocenters. The number of alkyl halides is 3. The first-order valence-corrected chi connectivity index (χ1v) is 20.6. The van der Waals surface area contributed by atoms with Crippen molar-refractivity contribution in [1.82, 2.24) is 9.78 Å². The molecule has 63 heavy (non-hydrogen) atoms. The molecule has 1 amide bonds. The summed E-state index contributed by atoms with van der Waals surface area (Å²) >= 11 is 0. The quantitative estimate of drug-likeness (QED) is 0.0409. The Hall–Kier alpha value is -4.42. The van der Waals surface area contributed by atoms with Crippen LogP contribution in [0.25, 0.3) is 0 Å². The molecule has 2 saturated carbocycles. The van der Waals surface area contributed by atoms with E-state index in [-0.39, 0.29) is 68.4 Å². The Balaban J connectivity index is 1.12. The highest BCUT2D eigenvalue weighted by molar-refractivity contribution is 6.08. The van der Waals surface area contributed by atoms with Crippen LogP contribution in [0.3, 0.4) is 0 Å². The van der Waals surface area contributed by atoms with Crippen molar-refractivity contribution in [2.45, 2.75) is 50.3 Å². The van der Waals surface area contributed by atoms with Crippen LogP contribution >= 0.6 is 0 Å². The number of benzene rings is 1. The number of carbonyl (C=O) groups is 2. The van der Waals surface area contributed by atoms with Gasteiger partial charge in [0.25, 0.3) is 5.91 Å². The van der Waals surface area contributed by atoms with Gasteiger partial charge >= 0.3 is 12.3 Å². The van der Waals surface area contributed by atoms with Crippen molar-refractivity contribution in [1.29, 1.82) is 0 Å². The molecule has 2 fully saturated rings. The molecule has 0 bridgehead atoms. The van der Waals surface area contributed by atoms with Crippen molar-refractivity contribution in [3.05, 3.63) is 52.1 Å². The minimum atomic E-state index is -4.99. The highest BCUT2D eigenvalue weighted by Gasteiger charge is 2.53. The number of hydrogen-bond donors (Lipinski definition) is 4. The maximum atomic E-state index is 13.9. The van der Waals surface area contributed by atoms with Crippen LogP contribution in [0, 0.1) is 24.6 Å². The van der Waals surface area contributed by atoms with E-state index < -0.39 is 47.7 Å². The van der Waals surface area contributed by atoms with E-state index in [9.17, 15) is 32.3 Å².